The number of unbranched alkanes of at least 4 members (excludes halogenated alkanes) is 26. The van der Waals surface area contributed by atoms with Crippen LogP contribution < -0.4 is 21.3 Å². The molecule has 26 nitrogen and oxygen atoms in total. The van der Waals surface area contributed by atoms with Crippen molar-refractivity contribution in [3.8, 4) is 0 Å². The molecule has 28 heteroatoms. The second kappa shape index (κ2) is 67.6. The van der Waals surface area contributed by atoms with Crippen molar-refractivity contribution in [3.63, 3.8) is 0 Å². The van der Waals surface area contributed by atoms with E-state index in [9.17, 15) is 57.9 Å². The van der Waals surface area contributed by atoms with Crippen LogP contribution in [0.3, 0.4) is 0 Å². The standard InChI is InChI=1S/C81H152N4O22P2/c1-9-15-21-27-29-31-33-39-45-51-75(90)104-71(49-43-37-25-19-13-5)61-73(88)84-67(63-98-57-53-69(86)47-41-35-23-17-11-3)65-102-108(94,95)100-59-55-82-79(92)77-78(107-81(7,8)106-77)80(93)83-56-60-101-109(96,97)103-66-68(64-99-58-54-70(87)48-42-36-24-18-12-4)85-74(89)62-72(50-44-38-26-20-14-6)105-76(91)52-46-40-34-32-30-28-22-16-10-2/h31-34,67-72,77-78,86-87H,9-30,35-66H2,1-8H3,(H,82,92)(H,83,93)(H,84,88)(H,85,89)(H,94,95)(H,96,97)/b33-31+,34-32+/t67?,68?,69-,70-,71-,72-,77-,78+/m1/s1. The van der Waals surface area contributed by atoms with Crippen LogP contribution in [0.5, 0.6) is 0 Å². The summed E-state index contributed by atoms with van der Waals surface area (Å²) in [5.74, 6) is -4.91. The summed E-state index contributed by atoms with van der Waals surface area (Å²) in [6, 6.07) is -1.96. The molecule has 8 N–H and O–H groups in total. The van der Waals surface area contributed by atoms with Gasteiger partial charge in [-0.1, -0.05) is 220 Å². The first-order valence-electron chi connectivity index (χ1n) is 42.4. The van der Waals surface area contributed by atoms with Gasteiger partial charge in [-0.05, 0) is 117 Å². The predicted molar refractivity (Wildman–Crippen MR) is 426 cm³/mol. The van der Waals surface area contributed by atoms with Crippen LogP contribution in [0.25, 0.3) is 0 Å². The Morgan fingerprint density at radius 3 is 1.06 bits per heavy atom. The average molecular weight is 1600 g/mol. The number of rotatable bonds is 76. The van der Waals surface area contributed by atoms with E-state index in [1.165, 1.54) is 52.4 Å². The van der Waals surface area contributed by atoms with Gasteiger partial charge in [0.05, 0.1) is 76.8 Å². The first-order valence-corrected chi connectivity index (χ1v) is 45.3. The number of aliphatic hydroxyl groups is 2. The van der Waals surface area contributed by atoms with E-state index in [1.54, 1.807) is 0 Å². The summed E-state index contributed by atoms with van der Waals surface area (Å²) >= 11 is 0. The molecule has 0 aromatic carbocycles. The van der Waals surface area contributed by atoms with Gasteiger partial charge >= 0.3 is 27.6 Å². The van der Waals surface area contributed by atoms with Gasteiger partial charge in [0, 0.05) is 39.1 Å². The summed E-state index contributed by atoms with van der Waals surface area (Å²) in [6.45, 7) is 12.8. The van der Waals surface area contributed by atoms with Crippen molar-refractivity contribution in [1.82, 2.24) is 21.3 Å². The number of allylic oxidation sites excluding steroid dienone is 4. The number of phosphoric ester groups is 2. The fourth-order valence-electron chi connectivity index (χ4n) is 12.3. The Bertz CT molecular complexity index is 2320. The molecule has 1 saturated heterocycles. The van der Waals surface area contributed by atoms with Gasteiger partial charge in [0.1, 0.15) is 12.2 Å². The van der Waals surface area contributed by atoms with Gasteiger partial charge < -0.3 is 69.7 Å². The number of ether oxygens (including phenoxy) is 6. The van der Waals surface area contributed by atoms with Gasteiger partial charge in [-0.25, -0.2) is 9.13 Å². The molecule has 1 aliphatic rings. The zero-order valence-electron chi connectivity index (χ0n) is 68.6. The summed E-state index contributed by atoms with van der Waals surface area (Å²) in [7, 11) is -9.74. The largest absolute Gasteiger partial charge is 0.472 e. The Morgan fingerprint density at radius 2 is 0.716 bits per heavy atom. The van der Waals surface area contributed by atoms with Crippen molar-refractivity contribution in [2.75, 3.05) is 65.9 Å². The number of hydrogen-bond acceptors (Lipinski definition) is 20. The Kier molecular flexibility index (Phi) is 64.1. The number of nitrogens with one attached hydrogen (secondary N) is 4. The first kappa shape index (κ1) is 103. The van der Waals surface area contributed by atoms with Crippen LogP contribution in [0.4, 0.5) is 0 Å². The first-order chi connectivity index (χ1) is 52.4. The van der Waals surface area contributed by atoms with Crippen LogP contribution in [0.2, 0.25) is 0 Å². The number of carbonyl (C=O) groups is 6. The Balaban J connectivity index is 3.04. The van der Waals surface area contributed by atoms with E-state index in [0.29, 0.717) is 51.4 Å². The van der Waals surface area contributed by atoms with Gasteiger partial charge in [0.2, 0.25) is 11.8 Å². The smallest absolute Gasteiger partial charge is 0.462 e. The Labute approximate surface area is 656 Å². The lowest BCUT2D eigenvalue weighted by molar-refractivity contribution is -0.159. The lowest BCUT2D eigenvalue weighted by atomic mass is 10.1. The fraction of sp³-hybridized carbons (Fsp3) is 0.877. The maximum absolute atomic E-state index is 13.7. The molecule has 10 atom stereocenters. The van der Waals surface area contributed by atoms with Gasteiger partial charge in [-0.3, -0.25) is 46.9 Å². The third-order valence-electron chi connectivity index (χ3n) is 18.6. The quantitative estimate of drug-likeness (QED) is 0.0121. The fourth-order valence-corrected chi connectivity index (χ4v) is 13.8. The highest BCUT2D eigenvalue weighted by Crippen LogP contribution is 2.44. The van der Waals surface area contributed by atoms with Crippen LogP contribution in [-0.2, 0) is 84.4 Å². The lowest BCUT2D eigenvalue weighted by Gasteiger charge is -2.23. The molecule has 0 bridgehead atoms. The zero-order valence-corrected chi connectivity index (χ0v) is 70.4. The minimum atomic E-state index is -4.87. The monoisotopic (exact) mass is 1600 g/mol. The van der Waals surface area contributed by atoms with Gasteiger partial charge in [0.25, 0.3) is 11.8 Å². The normalized spacial score (nSPS) is 17.1. The molecule has 0 saturated carbocycles. The van der Waals surface area contributed by atoms with Crippen LogP contribution in [-0.4, -0.2) is 176 Å². The third-order valence-corrected chi connectivity index (χ3v) is 20.6. The topological polar surface area (TPSA) is 358 Å². The van der Waals surface area contributed by atoms with Crippen LogP contribution in [0.1, 0.15) is 338 Å². The van der Waals surface area contributed by atoms with Crippen molar-refractivity contribution < 1.29 is 104 Å². The van der Waals surface area contributed by atoms with Crippen molar-refractivity contribution in [2.24, 2.45) is 0 Å². The minimum absolute atomic E-state index is 0.132. The molecular weight excluding hydrogens is 1440 g/mol. The number of amides is 4. The van der Waals surface area contributed by atoms with E-state index in [0.717, 1.165) is 167 Å². The van der Waals surface area contributed by atoms with E-state index < -0.39 is 132 Å². The van der Waals surface area contributed by atoms with Crippen molar-refractivity contribution >= 4 is 51.2 Å². The molecular formula is C81H152N4O22P2. The van der Waals surface area contributed by atoms with Gasteiger partial charge in [0.15, 0.2) is 18.0 Å². The number of esters is 2. The van der Waals surface area contributed by atoms with Gasteiger partial charge in [-0.15, -0.1) is 0 Å². The SMILES string of the molecule is CCCCCC/C=C/CCCC(=O)O[C@H](CCCCCCC)CC(=O)NC(COCC[C@H](O)CCCCCCC)COP(=O)(O)OCCNC(=O)[C@H]1OC(C)(C)O[C@H]1C(=O)NCCOP(=O)(O)OCC(COCC[C@H](O)CCCCCCC)NC(=O)C[C@@H](CCCCCCC)OC(=O)CCC/C=C/CCCCCC. The highest BCUT2D eigenvalue weighted by atomic mass is 31.2. The molecule has 0 aromatic heterocycles. The number of aliphatic hydroxyl groups excluding tert-OH is 2. The van der Waals surface area contributed by atoms with E-state index >= 15 is 0 Å². The summed E-state index contributed by atoms with van der Waals surface area (Å²) in [5.41, 5.74) is 0. The lowest BCUT2D eigenvalue weighted by Crippen LogP contribution is -2.48. The van der Waals surface area contributed by atoms with E-state index in [2.05, 4.69) is 87.1 Å². The van der Waals surface area contributed by atoms with E-state index in [-0.39, 0.29) is 65.2 Å². The maximum atomic E-state index is 13.7. The summed E-state index contributed by atoms with van der Waals surface area (Å²) in [6.07, 6.45) is 39.9. The molecule has 109 heavy (non-hydrogen) atoms. The van der Waals surface area contributed by atoms with E-state index in [4.69, 9.17) is 46.5 Å². The molecule has 0 aromatic rings. The van der Waals surface area contributed by atoms with Crippen molar-refractivity contribution in [1.29, 1.82) is 0 Å². The van der Waals surface area contributed by atoms with Crippen LogP contribution in [0.15, 0.2) is 24.3 Å². The Morgan fingerprint density at radius 1 is 0.404 bits per heavy atom. The molecule has 0 spiro atoms. The third kappa shape index (κ3) is 60.5. The van der Waals surface area contributed by atoms with Gasteiger partial charge in [-0.2, -0.15) is 0 Å². The highest BCUT2D eigenvalue weighted by Gasteiger charge is 2.49. The Hall–Kier alpha value is -3.72. The molecule has 1 rings (SSSR count). The van der Waals surface area contributed by atoms with Crippen molar-refractivity contribution in [2.45, 2.75) is 392 Å². The highest BCUT2D eigenvalue weighted by molar-refractivity contribution is 7.47. The average Bonchev–Trinajstić information content (AvgIpc) is 1.66. The van der Waals surface area contributed by atoms with Crippen LogP contribution >= 0.6 is 15.6 Å². The minimum Gasteiger partial charge on any atom is -0.462 e. The molecule has 1 fully saturated rings. The zero-order chi connectivity index (χ0) is 80.5. The molecule has 0 aliphatic carbocycles. The molecule has 4 unspecified atom stereocenters. The molecule has 1 aliphatic heterocycles. The molecule has 1 heterocycles. The summed E-state index contributed by atoms with van der Waals surface area (Å²) in [4.78, 5) is 103. The summed E-state index contributed by atoms with van der Waals surface area (Å²) in [5, 5.41) is 31.9. The van der Waals surface area contributed by atoms with E-state index in [1.807, 2.05) is 0 Å². The maximum Gasteiger partial charge on any atom is 0.472 e. The second-order valence-electron chi connectivity index (χ2n) is 29.7. The molecule has 638 valence electrons. The number of carbonyl (C=O) groups excluding carboxylic acids is 6. The summed E-state index contributed by atoms with van der Waals surface area (Å²) < 4.78 is 82.9. The van der Waals surface area contributed by atoms with Crippen LogP contribution in [0, 0.1) is 0 Å². The second-order valence-corrected chi connectivity index (χ2v) is 32.6. The van der Waals surface area contributed by atoms with Crippen molar-refractivity contribution in [3.05, 3.63) is 24.3 Å². The molecule has 4 amide bonds. The molecule has 0 radical (unpaired) electrons. The number of phosphoric acid groups is 2. The number of hydrogen-bond donors (Lipinski definition) is 8. The predicted octanol–water partition coefficient (Wildman–Crippen LogP) is 16.0.